The lowest BCUT2D eigenvalue weighted by molar-refractivity contribution is -0.119. The van der Waals surface area contributed by atoms with Gasteiger partial charge in [0.2, 0.25) is 11.7 Å². The molecule has 2 heterocycles. The van der Waals surface area contributed by atoms with Crippen molar-refractivity contribution >= 4 is 11.7 Å². The summed E-state index contributed by atoms with van der Waals surface area (Å²) in [4.78, 5) is 20.5. The zero-order valence-corrected chi connectivity index (χ0v) is 20.1. The number of alkyl halides is 2. The molecule has 1 aromatic carbocycles. The molecular formula is C24H33F3N4O3. The molecule has 188 valence electrons. The van der Waals surface area contributed by atoms with Gasteiger partial charge in [-0.1, -0.05) is 38.8 Å². The number of ether oxygens (including phenoxy) is 2. The van der Waals surface area contributed by atoms with Crippen LogP contribution in [-0.4, -0.2) is 47.6 Å². The average molecular weight is 483 g/mol. The first-order valence-electron chi connectivity index (χ1n) is 11.4. The van der Waals surface area contributed by atoms with E-state index in [9.17, 15) is 18.0 Å². The molecule has 1 fully saturated rings. The Morgan fingerprint density at radius 2 is 1.88 bits per heavy atom. The zero-order valence-electron chi connectivity index (χ0n) is 20.1. The van der Waals surface area contributed by atoms with Gasteiger partial charge in [0.15, 0.2) is 12.4 Å². The topological polar surface area (TPSA) is 90.6 Å². The van der Waals surface area contributed by atoms with E-state index in [1.807, 2.05) is 0 Å². The molecule has 1 aliphatic rings. The highest BCUT2D eigenvalue weighted by atomic mass is 19.3. The number of amides is 1. The standard InChI is InChI=1S/C20H23F3N4O3.C4H10/c1-12(17(24)28)13-3-5-14(6-4-13)30-15-7-8-27(9-15)18-16(21)19(26-11-25-18)29-10-20(2,22)23;1-3-4-2/h3-6,11-12,15H,7-10H2,1-2H3,(H2,24,28);3-4H2,1-2H3. The minimum absolute atomic E-state index is 0.0175. The molecule has 10 heteroatoms. The number of aromatic nitrogens is 2. The molecule has 1 aromatic heterocycles. The van der Waals surface area contributed by atoms with Crippen molar-refractivity contribution < 1.29 is 27.4 Å². The Balaban J connectivity index is 0.000000945. The molecule has 1 saturated heterocycles. The second-order valence-corrected chi connectivity index (χ2v) is 8.34. The summed E-state index contributed by atoms with van der Waals surface area (Å²) in [6.45, 7) is 6.62. The van der Waals surface area contributed by atoms with Crippen molar-refractivity contribution in [3.63, 3.8) is 0 Å². The number of hydrogen-bond donors (Lipinski definition) is 1. The number of carbonyl (C=O) groups excluding carboxylic acids is 1. The van der Waals surface area contributed by atoms with Gasteiger partial charge >= 0.3 is 0 Å². The first-order valence-corrected chi connectivity index (χ1v) is 11.4. The van der Waals surface area contributed by atoms with Gasteiger partial charge in [-0.15, -0.1) is 0 Å². The van der Waals surface area contributed by atoms with Crippen LogP contribution in [0.4, 0.5) is 19.0 Å². The number of primary amides is 1. The van der Waals surface area contributed by atoms with Crippen LogP contribution in [0.2, 0.25) is 0 Å². The Hall–Kier alpha value is -3.04. The number of nitrogens with two attached hydrogens (primary N) is 1. The van der Waals surface area contributed by atoms with Crippen molar-refractivity contribution in [2.75, 3.05) is 24.6 Å². The molecule has 2 unspecified atom stereocenters. The molecule has 2 N–H and O–H groups in total. The van der Waals surface area contributed by atoms with Crippen LogP contribution in [-0.2, 0) is 4.79 Å². The molecular weight excluding hydrogens is 449 g/mol. The van der Waals surface area contributed by atoms with Crippen molar-refractivity contribution in [3.8, 4) is 11.6 Å². The smallest absolute Gasteiger partial charge is 0.278 e. The first-order chi connectivity index (χ1) is 16.1. The molecule has 34 heavy (non-hydrogen) atoms. The third kappa shape index (κ3) is 8.07. The van der Waals surface area contributed by atoms with Crippen molar-refractivity contribution in [2.24, 2.45) is 5.73 Å². The second kappa shape index (κ2) is 12.4. The summed E-state index contributed by atoms with van der Waals surface area (Å²) in [7, 11) is 0. The third-order valence-electron chi connectivity index (χ3n) is 5.26. The summed E-state index contributed by atoms with van der Waals surface area (Å²) in [6.07, 6.45) is 4.11. The predicted molar refractivity (Wildman–Crippen MR) is 124 cm³/mol. The van der Waals surface area contributed by atoms with Crippen molar-refractivity contribution in [2.45, 2.75) is 64.9 Å². The Labute approximate surface area is 198 Å². The minimum atomic E-state index is -3.10. The normalized spacial score (nSPS) is 16.4. The molecule has 0 saturated carbocycles. The molecule has 7 nitrogen and oxygen atoms in total. The number of carbonyl (C=O) groups is 1. The van der Waals surface area contributed by atoms with Gasteiger partial charge in [0, 0.05) is 19.9 Å². The summed E-state index contributed by atoms with van der Waals surface area (Å²) in [6, 6.07) is 7.04. The predicted octanol–water partition coefficient (Wildman–Crippen LogP) is 4.70. The number of nitrogens with zero attached hydrogens (tertiary/aromatic N) is 3. The average Bonchev–Trinajstić information content (AvgIpc) is 3.26. The lowest BCUT2D eigenvalue weighted by Gasteiger charge is -2.20. The number of unbranched alkanes of at least 4 members (excludes halogenated alkanes) is 1. The van der Waals surface area contributed by atoms with Crippen LogP contribution < -0.4 is 20.1 Å². The lowest BCUT2D eigenvalue weighted by atomic mass is 10.0. The molecule has 0 spiro atoms. The van der Waals surface area contributed by atoms with Gasteiger partial charge in [-0.3, -0.25) is 4.79 Å². The van der Waals surface area contributed by atoms with Gasteiger partial charge in [-0.2, -0.15) is 9.37 Å². The number of rotatable bonds is 9. The quantitative estimate of drug-likeness (QED) is 0.557. The highest BCUT2D eigenvalue weighted by molar-refractivity contribution is 5.81. The third-order valence-corrected chi connectivity index (χ3v) is 5.26. The summed E-state index contributed by atoms with van der Waals surface area (Å²) >= 11 is 0. The molecule has 0 radical (unpaired) electrons. The van der Waals surface area contributed by atoms with Crippen LogP contribution in [0.5, 0.6) is 11.6 Å². The summed E-state index contributed by atoms with van der Waals surface area (Å²) < 4.78 is 51.3. The molecule has 0 bridgehead atoms. The number of anilines is 1. The van der Waals surface area contributed by atoms with Gasteiger partial charge in [-0.25, -0.2) is 13.8 Å². The van der Waals surface area contributed by atoms with Gasteiger partial charge in [0.05, 0.1) is 12.5 Å². The Kier molecular flexibility index (Phi) is 9.95. The van der Waals surface area contributed by atoms with Gasteiger partial charge in [0.25, 0.3) is 11.8 Å². The monoisotopic (exact) mass is 482 g/mol. The largest absolute Gasteiger partial charge is 0.489 e. The highest BCUT2D eigenvalue weighted by Gasteiger charge is 2.30. The van der Waals surface area contributed by atoms with E-state index in [0.29, 0.717) is 32.2 Å². The van der Waals surface area contributed by atoms with Crippen LogP contribution in [0, 0.1) is 5.82 Å². The van der Waals surface area contributed by atoms with E-state index in [2.05, 4.69) is 23.8 Å². The summed E-state index contributed by atoms with van der Waals surface area (Å²) in [5, 5.41) is 0. The second-order valence-electron chi connectivity index (χ2n) is 8.34. The maximum absolute atomic E-state index is 14.6. The van der Waals surface area contributed by atoms with Gasteiger partial charge in [-0.05, 0) is 24.6 Å². The molecule has 2 aromatic rings. The Morgan fingerprint density at radius 3 is 2.44 bits per heavy atom. The molecule has 1 amide bonds. The fourth-order valence-corrected chi connectivity index (χ4v) is 3.07. The summed E-state index contributed by atoms with van der Waals surface area (Å²) in [5.74, 6) is -4.71. The highest BCUT2D eigenvalue weighted by Crippen LogP contribution is 2.29. The van der Waals surface area contributed by atoms with E-state index in [-0.39, 0.29) is 11.9 Å². The van der Waals surface area contributed by atoms with E-state index < -0.39 is 36.1 Å². The van der Waals surface area contributed by atoms with Gasteiger partial charge < -0.3 is 20.1 Å². The van der Waals surface area contributed by atoms with E-state index in [0.717, 1.165) is 11.9 Å². The first kappa shape index (κ1) is 27.2. The van der Waals surface area contributed by atoms with Gasteiger partial charge in [0.1, 0.15) is 18.2 Å². The Bertz CT molecular complexity index is 921. The van der Waals surface area contributed by atoms with Crippen LogP contribution in [0.25, 0.3) is 0 Å². The number of hydrogen-bond acceptors (Lipinski definition) is 6. The van der Waals surface area contributed by atoms with Crippen molar-refractivity contribution in [1.29, 1.82) is 0 Å². The molecule has 3 rings (SSSR count). The molecule has 0 aliphatic carbocycles. The zero-order chi connectivity index (χ0) is 25.3. The molecule has 2 atom stereocenters. The maximum Gasteiger partial charge on any atom is 0.278 e. The maximum atomic E-state index is 14.6. The fourth-order valence-electron chi connectivity index (χ4n) is 3.07. The van der Waals surface area contributed by atoms with E-state index in [1.54, 1.807) is 36.1 Å². The van der Waals surface area contributed by atoms with Crippen LogP contribution in [0.3, 0.4) is 0 Å². The number of benzene rings is 1. The van der Waals surface area contributed by atoms with Crippen molar-refractivity contribution in [1.82, 2.24) is 9.97 Å². The van der Waals surface area contributed by atoms with Crippen LogP contribution in [0.15, 0.2) is 30.6 Å². The lowest BCUT2D eigenvalue weighted by Crippen LogP contribution is -2.27. The molecule has 1 aliphatic heterocycles. The minimum Gasteiger partial charge on any atom is -0.489 e. The van der Waals surface area contributed by atoms with E-state index >= 15 is 0 Å². The Morgan fingerprint density at radius 1 is 1.24 bits per heavy atom. The van der Waals surface area contributed by atoms with Crippen LogP contribution in [0.1, 0.15) is 58.4 Å². The van der Waals surface area contributed by atoms with E-state index in [1.165, 1.54) is 12.8 Å². The summed E-state index contributed by atoms with van der Waals surface area (Å²) in [5.41, 5.74) is 6.10. The van der Waals surface area contributed by atoms with Crippen LogP contribution >= 0.6 is 0 Å². The fraction of sp³-hybridized carbons (Fsp3) is 0.542. The number of halogens is 3. The van der Waals surface area contributed by atoms with E-state index in [4.69, 9.17) is 15.2 Å². The van der Waals surface area contributed by atoms with Crippen molar-refractivity contribution in [3.05, 3.63) is 42.0 Å². The SMILES string of the molecule is CC(C(N)=O)c1ccc(OC2CCN(c3ncnc(OCC(C)(F)F)c3F)C2)cc1.CCCC.